The zero-order chi connectivity index (χ0) is 14.7. The summed E-state index contributed by atoms with van der Waals surface area (Å²) in [6, 6.07) is 10.6. The van der Waals surface area contributed by atoms with Crippen LogP contribution in [0.4, 0.5) is 4.39 Å². The summed E-state index contributed by atoms with van der Waals surface area (Å²) in [6.45, 7) is 3.98. The van der Waals surface area contributed by atoms with Crippen LogP contribution in [-0.2, 0) is 6.42 Å². The van der Waals surface area contributed by atoms with Crippen molar-refractivity contribution in [3.05, 3.63) is 64.5 Å². The van der Waals surface area contributed by atoms with Gasteiger partial charge >= 0.3 is 0 Å². The minimum absolute atomic E-state index is 0.204. The van der Waals surface area contributed by atoms with E-state index in [4.69, 9.17) is 10.5 Å². The van der Waals surface area contributed by atoms with Crippen LogP contribution in [0.3, 0.4) is 0 Å². The van der Waals surface area contributed by atoms with Crippen LogP contribution >= 0.6 is 0 Å². The molecule has 0 aliphatic rings. The van der Waals surface area contributed by atoms with Gasteiger partial charge in [0.2, 0.25) is 0 Å². The van der Waals surface area contributed by atoms with Gasteiger partial charge in [-0.1, -0.05) is 30.3 Å². The number of rotatable bonds is 4. The molecule has 1 atom stereocenters. The summed E-state index contributed by atoms with van der Waals surface area (Å²) < 4.78 is 19.0. The number of hydrogen-bond donors (Lipinski definition) is 1. The fourth-order valence-electron chi connectivity index (χ4n) is 2.54. The molecule has 1 unspecified atom stereocenters. The molecule has 0 aliphatic carbocycles. The van der Waals surface area contributed by atoms with Crippen LogP contribution in [-0.4, -0.2) is 7.11 Å². The van der Waals surface area contributed by atoms with Crippen LogP contribution in [0.15, 0.2) is 36.4 Å². The first-order chi connectivity index (χ1) is 9.52. The van der Waals surface area contributed by atoms with Crippen LogP contribution in [0, 0.1) is 19.7 Å². The number of methoxy groups -OCH3 is 1. The van der Waals surface area contributed by atoms with Gasteiger partial charge in [-0.05, 0) is 48.6 Å². The molecule has 0 spiro atoms. The number of nitrogens with two attached hydrogens (primary N) is 1. The maximum absolute atomic E-state index is 13.7. The Morgan fingerprint density at radius 1 is 1.15 bits per heavy atom. The third-order valence-corrected chi connectivity index (χ3v) is 3.51. The molecule has 0 saturated heterocycles. The minimum Gasteiger partial charge on any atom is -0.496 e. The number of ether oxygens (including phenoxy) is 1. The molecule has 0 bridgehead atoms. The lowest BCUT2D eigenvalue weighted by Gasteiger charge is -2.16. The van der Waals surface area contributed by atoms with Gasteiger partial charge in [-0.2, -0.15) is 0 Å². The molecule has 0 aromatic heterocycles. The predicted octanol–water partition coefficient (Wildman–Crippen LogP) is 3.69. The molecule has 0 aliphatic heterocycles. The zero-order valence-corrected chi connectivity index (χ0v) is 12.1. The quantitative estimate of drug-likeness (QED) is 0.922. The normalized spacial score (nSPS) is 12.2. The molecule has 20 heavy (non-hydrogen) atoms. The zero-order valence-electron chi connectivity index (χ0n) is 12.1. The van der Waals surface area contributed by atoms with E-state index in [0.717, 1.165) is 22.4 Å². The molecular formula is C17H20FNO. The van der Waals surface area contributed by atoms with Gasteiger partial charge in [0.15, 0.2) is 0 Å². The molecule has 0 amide bonds. The molecule has 2 rings (SSSR count). The second-order valence-corrected chi connectivity index (χ2v) is 5.09. The Hall–Kier alpha value is -1.87. The van der Waals surface area contributed by atoms with Gasteiger partial charge in [0.25, 0.3) is 0 Å². The van der Waals surface area contributed by atoms with Gasteiger partial charge in [0, 0.05) is 6.04 Å². The number of benzene rings is 2. The molecule has 106 valence electrons. The summed E-state index contributed by atoms with van der Waals surface area (Å²) in [4.78, 5) is 0. The van der Waals surface area contributed by atoms with Crippen LogP contribution in [0.2, 0.25) is 0 Å². The van der Waals surface area contributed by atoms with Crippen LogP contribution in [0.25, 0.3) is 0 Å². The maximum Gasteiger partial charge on any atom is 0.126 e. The Morgan fingerprint density at radius 3 is 2.30 bits per heavy atom. The van der Waals surface area contributed by atoms with Crippen LogP contribution in [0.1, 0.15) is 28.3 Å². The average Bonchev–Trinajstić information content (AvgIpc) is 2.41. The molecule has 0 fully saturated rings. The van der Waals surface area contributed by atoms with Crippen molar-refractivity contribution in [2.24, 2.45) is 5.73 Å². The Balaban J connectivity index is 2.26. The third kappa shape index (κ3) is 2.99. The lowest BCUT2D eigenvalue weighted by Crippen LogP contribution is -2.14. The SMILES string of the molecule is COc1c(C)cc(C(N)Cc2ccccc2F)cc1C. The molecule has 2 nitrogen and oxygen atoms in total. The summed E-state index contributed by atoms with van der Waals surface area (Å²) in [5, 5.41) is 0. The van der Waals surface area contributed by atoms with Crippen molar-refractivity contribution >= 4 is 0 Å². The predicted molar refractivity (Wildman–Crippen MR) is 79.5 cm³/mol. The number of halogens is 1. The standard InChI is InChI=1S/C17H20FNO/c1-11-8-14(9-12(2)17(11)20-3)16(19)10-13-6-4-5-7-15(13)18/h4-9,16H,10,19H2,1-3H3. The highest BCUT2D eigenvalue weighted by atomic mass is 19.1. The Kier molecular flexibility index (Phi) is 4.40. The summed E-state index contributed by atoms with van der Waals surface area (Å²) in [6.07, 6.45) is 0.484. The second-order valence-electron chi connectivity index (χ2n) is 5.09. The first-order valence-electron chi connectivity index (χ1n) is 6.67. The molecule has 0 radical (unpaired) electrons. The molecule has 2 aromatic carbocycles. The highest BCUT2D eigenvalue weighted by molar-refractivity contribution is 5.44. The van der Waals surface area contributed by atoms with E-state index in [9.17, 15) is 4.39 Å². The molecule has 2 N–H and O–H groups in total. The fourth-order valence-corrected chi connectivity index (χ4v) is 2.54. The van der Waals surface area contributed by atoms with E-state index in [0.29, 0.717) is 12.0 Å². The number of aryl methyl sites for hydroxylation is 2. The van der Waals surface area contributed by atoms with E-state index in [1.54, 1.807) is 19.2 Å². The van der Waals surface area contributed by atoms with E-state index in [1.807, 2.05) is 32.0 Å². The Labute approximate surface area is 119 Å². The summed E-state index contributed by atoms with van der Waals surface area (Å²) in [7, 11) is 1.66. The monoisotopic (exact) mass is 273 g/mol. The molecule has 2 aromatic rings. The van der Waals surface area contributed by atoms with Crippen molar-refractivity contribution in [3.8, 4) is 5.75 Å². The molecule has 3 heteroatoms. The van der Waals surface area contributed by atoms with Crippen molar-refractivity contribution in [3.63, 3.8) is 0 Å². The molecule has 0 heterocycles. The largest absolute Gasteiger partial charge is 0.496 e. The second kappa shape index (κ2) is 6.06. The smallest absolute Gasteiger partial charge is 0.126 e. The van der Waals surface area contributed by atoms with Gasteiger partial charge in [-0.15, -0.1) is 0 Å². The van der Waals surface area contributed by atoms with E-state index in [-0.39, 0.29) is 11.9 Å². The summed E-state index contributed by atoms with van der Waals surface area (Å²) in [5.41, 5.74) is 9.96. The fraction of sp³-hybridized carbons (Fsp3) is 0.294. The van der Waals surface area contributed by atoms with E-state index >= 15 is 0 Å². The average molecular weight is 273 g/mol. The van der Waals surface area contributed by atoms with Gasteiger partial charge in [0.05, 0.1) is 7.11 Å². The summed E-state index contributed by atoms with van der Waals surface area (Å²) in [5.74, 6) is 0.678. The Morgan fingerprint density at radius 2 is 1.75 bits per heavy atom. The van der Waals surface area contributed by atoms with E-state index < -0.39 is 0 Å². The van der Waals surface area contributed by atoms with E-state index in [1.165, 1.54) is 6.07 Å². The Bertz CT molecular complexity index is 587. The lowest BCUT2D eigenvalue weighted by molar-refractivity contribution is 0.408. The topological polar surface area (TPSA) is 35.2 Å². The van der Waals surface area contributed by atoms with Gasteiger partial charge < -0.3 is 10.5 Å². The van der Waals surface area contributed by atoms with Gasteiger partial charge in [-0.25, -0.2) is 4.39 Å². The first kappa shape index (κ1) is 14.5. The number of hydrogen-bond acceptors (Lipinski definition) is 2. The van der Waals surface area contributed by atoms with Crippen molar-refractivity contribution in [2.45, 2.75) is 26.3 Å². The van der Waals surface area contributed by atoms with Crippen LogP contribution in [0.5, 0.6) is 5.75 Å². The minimum atomic E-state index is -0.227. The highest BCUT2D eigenvalue weighted by Gasteiger charge is 2.13. The van der Waals surface area contributed by atoms with Crippen molar-refractivity contribution in [2.75, 3.05) is 7.11 Å². The first-order valence-corrected chi connectivity index (χ1v) is 6.67. The van der Waals surface area contributed by atoms with Crippen LogP contribution < -0.4 is 10.5 Å². The van der Waals surface area contributed by atoms with Gasteiger partial charge in [-0.3, -0.25) is 0 Å². The highest BCUT2D eigenvalue weighted by Crippen LogP contribution is 2.28. The molecular weight excluding hydrogens is 253 g/mol. The van der Waals surface area contributed by atoms with Crippen molar-refractivity contribution in [1.29, 1.82) is 0 Å². The summed E-state index contributed by atoms with van der Waals surface area (Å²) >= 11 is 0. The van der Waals surface area contributed by atoms with Crippen molar-refractivity contribution < 1.29 is 9.13 Å². The van der Waals surface area contributed by atoms with Gasteiger partial charge in [0.1, 0.15) is 11.6 Å². The van der Waals surface area contributed by atoms with E-state index in [2.05, 4.69) is 0 Å². The molecule has 0 saturated carbocycles. The maximum atomic E-state index is 13.7. The van der Waals surface area contributed by atoms with Crippen molar-refractivity contribution in [1.82, 2.24) is 0 Å². The lowest BCUT2D eigenvalue weighted by atomic mass is 9.96. The third-order valence-electron chi connectivity index (χ3n) is 3.51.